The van der Waals surface area contributed by atoms with Crippen LogP contribution in [0.3, 0.4) is 0 Å². The van der Waals surface area contributed by atoms with Gasteiger partial charge in [0.1, 0.15) is 29.9 Å². The molecule has 1 aliphatic heterocycles. The molecule has 0 radical (unpaired) electrons. The minimum Gasteiger partial charge on any atom is -0.473 e. The van der Waals surface area contributed by atoms with Crippen LogP contribution in [0.5, 0.6) is 5.88 Å². The quantitative estimate of drug-likeness (QED) is 0.183. The number of carbonyl (C=O) groups is 1. The molecule has 1 amide bonds. The Bertz CT molecular complexity index is 2160. The number of aromatic nitrogens is 3. The van der Waals surface area contributed by atoms with E-state index in [1.807, 2.05) is 0 Å². The smallest absolute Gasteiger partial charge is 0.264 e. The van der Waals surface area contributed by atoms with Crippen LogP contribution in [0.2, 0.25) is 0 Å². The summed E-state index contributed by atoms with van der Waals surface area (Å²) in [5, 5.41) is -0.553. The first-order chi connectivity index (χ1) is 23.0. The van der Waals surface area contributed by atoms with Crippen molar-refractivity contribution in [3.63, 3.8) is 0 Å². The van der Waals surface area contributed by atoms with Gasteiger partial charge >= 0.3 is 0 Å². The fourth-order valence-electron chi connectivity index (χ4n) is 5.59. The molecule has 13 heteroatoms. The van der Waals surface area contributed by atoms with E-state index in [-0.39, 0.29) is 47.4 Å². The third kappa shape index (κ3) is 6.65. The highest BCUT2D eigenvalue weighted by Gasteiger charge is 2.37. The first kappa shape index (κ1) is 31.8. The number of nitrogens with one attached hydrogen (secondary N) is 1. The van der Waals surface area contributed by atoms with Gasteiger partial charge in [0.05, 0.1) is 34.6 Å². The highest BCUT2D eigenvalue weighted by Crippen LogP contribution is 2.30. The number of amides is 1. The van der Waals surface area contributed by atoms with Gasteiger partial charge in [-0.25, -0.2) is 36.3 Å². The lowest BCUT2D eigenvalue weighted by atomic mass is 10.0. The van der Waals surface area contributed by atoms with E-state index in [1.165, 1.54) is 18.2 Å². The molecule has 0 bridgehead atoms. The normalized spacial score (nSPS) is 16.1. The number of imidazole rings is 1. The minimum atomic E-state index is -3.74. The molecule has 2 fully saturated rings. The van der Waals surface area contributed by atoms with Gasteiger partial charge in [0.15, 0.2) is 0 Å². The second-order valence-electron chi connectivity index (χ2n) is 12.1. The van der Waals surface area contributed by atoms with Gasteiger partial charge in [-0.3, -0.25) is 4.79 Å². The van der Waals surface area contributed by atoms with Crippen LogP contribution in [0.1, 0.15) is 52.1 Å². The van der Waals surface area contributed by atoms with Gasteiger partial charge in [-0.1, -0.05) is 18.2 Å². The summed E-state index contributed by atoms with van der Waals surface area (Å²) in [4.78, 5) is 21.8. The van der Waals surface area contributed by atoms with E-state index in [0.29, 0.717) is 48.4 Å². The van der Waals surface area contributed by atoms with E-state index in [0.717, 1.165) is 24.1 Å². The first-order valence-corrected chi connectivity index (χ1v) is 17.1. The molecule has 1 atom stereocenters. The summed E-state index contributed by atoms with van der Waals surface area (Å²) in [7, 11) is -3.74. The van der Waals surface area contributed by atoms with Crippen molar-refractivity contribution in [2.24, 2.45) is 0 Å². The molecule has 1 saturated carbocycles. The lowest BCUT2D eigenvalue weighted by molar-refractivity contribution is -0.0589. The van der Waals surface area contributed by atoms with Crippen LogP contribution in [0.4, 0.5) is 13.2 Å². The zero-order valence-corrected chi connectivity index (χ0v) is 26.7. The van der Waals surface area contributed by atoms with Gasteiger partial charge in [-0.2, -0.15) is 0 Å². The number of ether oxygens (including phenoxy) is 2. The van der Waals surface area contributed by atoms with Crippen molar-refractivity contribution >= 4 is 27.0 Å². The zero-order chi connectivity index (χ0) is 33.6. The second-order valence-corrected chi connectivity index (χ2v) is 14.1. The number of nitrogens with zero attached hydrogens (tertiary/aromatic N) is 3. The number of aryl methyl sites for hydroxylation is 1. The Labute approximate surface area is 274 Å². The van der Waals surface area contributed by atoms with Crippen LogP contribution in [0, 0.1) is 24.4 Å². The number of sulfonamides is 1. The van der Waals surface area contributed by atoms with E-state index in [9.17, 15) is 17.6 Å². The Morgan fingerprint density at radius 1 is 0.958 bits per heavy atom. The van der Waals surface area contributed by atoms with Crippen molar-refractivity contribution in [3.8, 4) is 17.1 Å². The number of fused-ring (bicyclic) bond motifs is 1. The van der Waals surface area contributed by atoms with E-state index < -0.39 is 38.6 Å². The molecule has 3 heterocycles. The van der Waals surface area contributed by atoms with Crippen molar-refractivity contribution in [2.45, 2.75) is 57.1 Å². The maximum Gasteiger partial charge on any atom is 0.264 e. The van der Waals surface area contributed by atoms with Crippen molar-refractivity contribution < 1.29 is 35.9 Å². The standard InChI is InChI=1S/C35H31F3N4O5S/c1-20-5-6-22(27(36)13-20)19-47-34-4-2-3-30(40-34)26-17-28(37)23(14-29(26)38)16-33-39-31-10-7-21(35(43)41-48(44,45)25-8-9-25)15-32(31)42(33)18-24-11-12-46-24/h2-7,10,13-15,17,24-25H,8-9,11-12,16,18-19H2,1H3,(H,41,43)/t24-/m0/s1. The second kappa shape index (κ2) is 12.7. The molecular formula is C35H31F3N4O5S. The highest BCUT2D eigenvalue weighted by molar-refractivity contribution is 7.91. The van der Waals surface area contributed by atoms with Crippen molar-refractivity contribution in [1.29, 1.82) is 0 Å². The van der Waals surface area contributed by atoms with Gasteiger partial charge in [0, 0.05) is 35.8 Å². The monoisotopic (exact) mass is 676 g/mol. The zero-order valence-electron chi connectivity index (χ0n) is 25.9. The van der Waals surface area contributed by atoms with Crippen LogP contribution in [-0.2, 0) is 34.3 Å². The Morgan fingerprint density at radius 3 is 2.48 bits per heavy atom. The summed E-state index contributed by atoms with van der Waals surface area (Å²) >= 11 is 0. The largest absolute Gasteiger partial charge is 0.473 e. The molecule has 0 spiro atoms. The van der Waals surface area contributed by atoms with E-state index in [1.54, 1.807) is 47.9 Å². The lowest BCUT2D eigenvalue weighted by Crippen LogP contribution is -2.33. The summed E-state index contributed by atoms with van der Waals surface area (Å²) < 4.78 is 85.4. The van der Waals surface area contributed by atoms with Gasteiger partial charge in [0.25, 0.3) is 5.91 Å². The third-order valence-electron chi connectivity index (χ3n) is 8.54. The Hall–Kier alpha value is -4.75. The average molecular weight is 677 g/mol. The van der Waals surface area contributed by atoms with Gasteiger partial charge < -0.3 is 14.0 Å². The molecule has 2 aromatic heterocycles. The molecule has 48 heavy (non-hydrogen) atoms. The van der Waals surface area contributed by atoms with E-state index in [2.05, 4.69) is 14.7 Å². The number of halogens is 3. The lowest BCUT2D eigenvalue weighted by Gasteiger charge is -2.27. The van der Waals surface area contributed by atoms with Crippen LogP contribution in [0.25, 0.3) is 22.3 Å². The summed E-state index contributed by atoms with van der Waals surface area (Å²) in [6.45, 7) is 2.66. The molecule has 5 aromatic rings. The van der Waals surface area contributed by atoms with Crippen LogP contribution >= 0.6 is 0 Å². The Balaban J connectivity index is 1.14. The van der Waals surface area contributed by atoms with Crippen LogP contribution in [-0.4, -0.2) is 46.8 Å². The Morgan fingerprint density at radius 2 is 1.75 bits per heavy atom. The predicted octanol–water partition coefficient (Wildman–Crippen LogP) is 6.00. The fraction of sp³-hybridized carbons (Fsp3) is 0.286. The predicted molar refractivity (Wildman–Crippen MR) is 171 cm³/mol. The maximum atomic E-state index is 15.6. The van der Waals surface area contributed by atoms with Crippen molar-refractivity contribution in [2.75, 3.05) is 6.61 Å². The van der Waals surface area contributed by atoms with Crippen LogP contribution < -0.4 is 9.46 Å². The molecule has 7 rings (SSSR count). The molecule has 1 N–H and O–H groups in total. The molecular weight excluding hydrogens is 645 g/mol. The number of rotatable bonds is 11. The average Bonchev–Trinajstić information content (AvgIpc) is 3.84. The third-order valence-corrected chi connectivity index (χ3v) is 10.4. The maximum absolute atomic E-state index is 15.6. The van der Waals surface area contributed by atoms with E-state index >= 15 is 8.78 Å². The van der Waals surface area contributed by atoms with Gasteiger partial charge in [-0.15, -0.1) is 0 Å². The van der Waals surface area contributed by atoms with Gasteiger partial charge in [-0.05, 0) is 79.8 Å². The van der Waals surface area contributed by atoms with Crippen molar-refractivity contribution in [1.82, 2.24) is 19.3 Å². The molecule has 2 aliphatic rings. The number of hydrogen-bond acceptors (Lipinski definition) is 7. The van der Waals surface area contributed by atoms with Crippen molar-refractivity contribution in [3.05, 3.63) is 112 Å². The minimum absolute atomic E-state index is 0.0538. The molecule has 248 valence electrons. The van der Waals surface area contributed by atoms with Gasteiger partial charge in [0.2, 0.25) is 15.9 Å². The summed E-state index contributed by atoms with van der Waals surface area (Å²) in [5.41, 5.74) is 2.43. The first-order valence-electron chi connectivity index (χ1n) is 15.5. The summed E-state index contributed by atoms with van der Waals surface area (Å²) in [6.07, 6.45) is 1.64. The molecule has 3 aromatic carbocycles. The highest BCUT2D eigenvalue weighted by atomic mass is 32.2. The topological polar surface area (TPSA) is 112 Å². The van der Waals surface area contributed by atoms with Crippen LogP contribution in [0.15, 0.2) is 66.7 Å². The van der Waals surface area contributed by atoms with E-state index in [4.69, 9.17) is 9.47 Å². The molecule has 1 aliphatic carbocycles. The molecule has 9 nitrogen and oxygen atoms in total. The number of carbonyl (C=O) groups excluding carboxylic acids is 1. The summed E-state index contributed by atoms with van der Waals surface area (Å²) in [6, 6.07) is 16.3. The fourth-order valence-corrected chi connectivity index (χ4v) is 6.89. The SMILES string of the molecule is Cc1ccc(COc2cccc(-c3cc(F)c(Cc4nc5ccc(C(=O)NS(=O)(=O)C6CC6)cc5n4C[C@@H]4CCO4)cc3F)n2)c(F)c1. The number of benzene rings is 3. The molecule has 1 saturated heterocycles. The Kier molecular flexibility index (Phi) is 8.42. The number of pyridine rings is 1. The number of hydrogen-bond donors (Lipinski definition) is 1. The molecule has 0 unspecified atom stereocenters. The summed E-state index contributed by atoms with van der Waals surface area (Å²) in [5.74, 6) is -1.99.